The van der Waals surface area contributed by atoms with Gasteiger partial charge in [0, 0.05) is 12.1 Å². The van der Waals surface area contributed by atoms with Gasteiger partial charge in [-0.25, -0.2) is 4.79 Å². The Hall–Kier alpha value is -1.84. The van der Waals surface area contributed by atoms with Crippen LogP contribution in [0.25, 0.3) is 0 Å². The van der Waals surface area contributed by atoms with Crippen molar-refractivity contribution in [2.45, 2.75) is 33.4 Å². The van der Waals surface area contributed by atoms with Gasteiger partial charge in [-0.15, -0.1) is 0 Å². The van der Waals surface area contributed by atoms with E-state index < -0.39 is 6.04 Å². The van der Waals surface area contributed by atoms with Crippen molar-refractivity contribution < 1.29 is 14.3 Å². The molecule has 0 radical (unpaired) electrons. The summed E-state index contributed by atoms with van der Waals surface area (Å²) in [5.74, 6) is -0.439. The maximum atomic E-state index is 12.2. The van der Waals surface area contributed by atoms with Crippen LogP contribution in [0.5, 0.6) is 0 Å². The minimum Gasteiger partial charge on any atom is -0.464 e. The van der Waals surface area contributed by atoms with Gasteiger partial charge in [-0.05, 0) is 38.0 Å². The van der Waals surface area contributed by atoms with E-state index in [1.165, 1.54) is 0 Å². The zero-order valence-corrected chi connectivity index (χ0v) is 10.9. The number of aryl methyl sites for hydroxylation is 1. The minimum atomic E-state index is -0.538. The van der Waals surface area contributed by atoms with Gasteiger partial charge in [0.05, 0.1) is 6.61 Å². The molecule has 0 aromatic heterocycles. The minimum absolute atomic E-state index is 0.0887. The highest BCUT2D eigenvalue weighted by molar-refractivity contribution is 6.00. The van der Waals surface area contributed by atoms with E-state index in [1.54, 1.807) is 18.7 Å². The molecule has 1 heterocycles. The number of esters is 1. The van der Waals surface area contributed by atoms with E-state index in [1.807, 2.05) is 25.1 Å². The first kappa shape index (κ1) is 12.6. The zero-order chi connectivity index (χ0) is 13.3. The average Bonchev–Trinajstić information content (AvgIpc) is 2.68. The Morgan fingerprint density at radius 3 is 2.83 bits per heavy atom. The Morgan fingerprint density at radius 1 is 1.50 bits per heavy atom. The Kier molecular flexibility index (Phi) is 3.36. The molecule has 1 amide bonds. The topological polar surface area (TPSA) is 46.6 Å². The lowest BCUT2D eigenvalue weighted by atomic mass is 10.1. The smallest absolute Gasteiger partial charge is 0.328 e. The number of rotatable bonds is 3. The van der Waals surface area contributed by atoms with Crippen molar-refractivity contribution in [3.8, 4) is 0 Å². The van der Waals surface area contributed by atoms with Crippen molar-refractivity contribution >= 4 is 11.9 Å². The summed E-state index contributed by atoms with van der Waals surface area (Å²) >= 11 is 0. The molecule has 1 aromatic rings. The molecule has 0 unspecified atom stereocenters. The lowest BCUT2D eigenvalue weighted by Gasteiger charge is -2.22. The first-order chi connectivity index (χ1) is 8.56. The van der Waals surface area contributed by atoms with E-state index in [9.17, 15) is 9.59 Å². The van der Waals surface area contributed by atoms with Gasteiger partial charge in [0.2, 0.25) is 0 Å². The quantitative estimate of drug-likeness (QED) is 0.766. The van der Waals surface area contributed by atoms with Crippen LogP contribution >= 0.6 is 0 Å². The molecule has 1 atom stereocenters. The van der Waals surface area contributed by atoms with Crippen molar-refractivity contribution in [1.82, 2.24) is 4.90 Å². The highest BCUT2D eigenvalue weighted by Gasteiger charge is 2.34. The summed E-state index contributed by atoms with van der Waals surface area (Å²) in [6, 6.07) is 5.11. The molecule has 0 fully saturated rings. The summed E-state index contributed by atoms with van der Waals surface area (Å²) < 4.78 is 4.96. The van der Waals surface area contributed by atoms with E-state index >= 15 is 0 Å². The Labute approximate surface area is 107 Å². The Bertz CT molecular complexity index is 496. The zero-order valence-electron chi connectivity index (χ0n) is 10.9. The third-order valence-corrected chi connectivity index (χ3v) is 3.33. The van der Waals surface area contributed by atoms with Crippen LogP contribution in [0.1, 0.15) is 35.3 Å². The third-order valence-electron chi connectivity index (χ3n) is 3.33. The molecule has 0 aliphatic carbocycles. The van der Waals surface area contributed by atoms with Crippen molar-refractivity contribution in [3.05, 3.63) is 34.9 Å². The van der Waals surface area contributed by atoms with E-state index in [-0.39, 0.29) is 11.9 Å². The fourth-order valence-electron chi connectivity index (χ4n) is 2.21. The second-order valence-electron chi connectivity index (χ2n) is 4.46. The molecule has 2 rings (SSSR count). The summed E-state index contributed by atoms with van der Waals surface area (Å²) in [5.41, 5.74) is 2.80. The first-order valence-electron chi connectivity index (χ1n) is 6.12. The molecule has 1 aliphatic rings. The number of benzene rings is 1. The molecular weight excluding hydrogens is 230 g/mol. The predicted octanol–water partition coefficient (Wildman–Crippen LogP) is 1.90. The summed E-state index contributed by atoms with van der Waals surface area (Å²) in [7, 11) is 0. The van der Waals surface area contributed by atoms with Crippen LogP contribution < -0.4 is 0 Å². The number of carbonyl (C=O) groups excluding carboxylic acids is 2. The predicted molar refractivity (Wildman–Crippen MR) is 67.1 cm³/mol. The normalized spacial score (nSPS) is 15.5. The SMILES string of the molecule is CCOC(=O)[C@H](C)N1Cc2c(C)cccc2C1=O. The molecule has 18 heavy (non-hydrogen) atoms. The highest BCUT2D eigenvalue weighted by atomic mass is 16.5. The van der Waals surface area contributed by atoms with Gasteiger partial charge in [-0.3, -0.25) is 4.79 Å². The van der Waals surface area contributed by atoms with Crippen LogP contribution in [0, 0.1) is 6.92 Å². The van der Waals surface area contributed by atoms with Crippen molar-refractivity contribution in [3.63, 3.8) is 0 Å². The summed E-state index contributed by atoms with van der Waals surface area (Å²) in [6.07, 6.45) is 0. The number of nitrogens with zero attached hydrogens (tertiary/aromatic N) is 1. The van der Waals surface area contributed by atoms with Crippen molar-refractivity contribution in [2.24, 2.45) is 0 Å². The van der Waals surface area contributed by atoms with E-state index in [0.717, 1.165) is 11.1 Å². The second-order valence-corrected chi connectivity index (χ2v) is 4.46. The maximum Gasteiger partial charge on any atom is 0.328 e. The van der Waals surface area contributed by atoms with E-state index in [2.05, 4.69) is 0 Å². The fourth-order valence-corrected chi connectivity index (χ4v) is 2.21. The number of ether oxygens (including phenoxy) is 1. The summed E-state index contributed by atoms with van der Waals surface area (Å²) in [5, 5.41) is 0. The third kappa shape index (κ3) is 1.98. The summed E-state index contributed by atoms with van der Waals surface area (Å²) in [4.78, 5) is 25.5. The molecular formula is C14H17NO3. The second kappa shape index (κ2) is 4.80. The molecule has 4 heteroatoms. The number of fused-ring (bicyclic) bond motifs is 1. The Balaban J connectivity index is 2.24. The van der Waals surface area contributed by atoms with Gasteiger partial charge >= 0.3 is 5.97 Å². The molecule has 0 saturated heterocycles. The van der Waals surface area contributed by atoms with Crippen LogP contribution in [0.2, 0.25) is 0 Å². The lowest BCUT2D eigenvalue weighted by molar-refractivity contribution is -0.148. The average molecular weight is 247 g/mol. The van der Waals surface area contributed by atoms with Crippen LogP contribution in [0.3, 0.4) is 0 Å². The summed E-state index contributed by atoms with van der Waals surface area (Å²) in [6.45, 7) is 6.26. The molecule has 4 nitrogen and oxygen atoms in total. The highest BCUT2D eigenvalue weighted by Crippen LogP contribution is 2.27. The van der Waals surface area contributed by atoms with E-state index in [0.29, 0.717) is 18.7 Å². The number of carbonyl (C=O) groups is 2. The van der Waals surface area contributed by atoms with Crippen molar-refractivity contribution in [2.75, 3.05) is 6.61 Å². The molecule has 0 spiro atoms. The number of hydrogen-bond acceptors (Lipinski definition) is 3. The number of hydrogen-bond donors (Lipinski definition) is 0. The number of amides is 1. The van der Waals surface area contributed by atoms with Gasteiger partial charge in [-0.1, -0.05) is 12.1 Å². The van der Waals surface area contributed by atoms with Crippen molar-refractivity contribution in [1.29, 1.82) is 0 Å². The molecule has 96 valence electrons. The Morgan fingerprint density at radius 2 is 2.22 bits per heavy atom. The van der Waals surface area contributed by atoms with Gasteiger partial charge in [0.25, 0.3) is 5.91 Å². The van der Waals surface area contributed by atoms with Gasteiger partial charge in [0.1, 0.15) is 6.04 Å². The van der Waals surface area contributed by atoms with Crippen LogP contribution in [0.4, 0.5) is 0 Å². The van der Waals surface area contributed by atoms with E-state index in [4.69, 9.17) is 4.74 Å². The first-order valence-corrected chi connectivity index (χ1v) is 6.12. The van der Waals surface area contributed by atoms with Gasteiger partial charge < -0.3 is 9.64 Å². The standard InChI is InChI=1S/C14H17NO3/c1-4-18-14(17)10(3)15-8-12-9(2)6-5-7-11(12)13(15)16/h5-7,10H,4,8H2,1-3H3/t10-/m0/s1. The van der Waals surface area contributed by atoms with Crippen LogP contribution in [-0.2, 0) is 16.1 Å². The molecule has 1 aliphatic heterocycles. The maximum absolute atomic E-state index is 12.2. The fraction of sp³-hybridized carbons (Fsp3) is 0.429. The lowest BCUT2D eigenvalue weighted by Crippen LogP contribution is -2.40. The largest absolute Gasteiger partial charge is 0.464 e. The van der Waals surface area contributed by atoms with Gasteiger partial charge in [0.15, 0.2) is 0 Å². The molecule has 0 bridgehead atoms. The van der Waals surface area contributed by atoms with Gasteiger partial charge in [-0.2, -0.15) is 0 Å². The van der Waals surface area contributed by atoms with Crippen LogP contribution in [0.15, 0.2) is 18.2 Å². The van der Waals surface area contributed by atoms with Crippen LogP contribution in [-0.4, -0.2) is 29.4 Å². The monoisotopic (exact) mass is 247 g/mol. The molecule has 0 N–H and O–H groups in total. The molecule has 0 saturated carbocycles. The molecule has 1 aromatic carbocycles.